The molecular formula is C4H4BrF3Mg. The van der Waals surface area contributed by atoms with Gasteiger partial charge in [0.15, 0.2) is 0 Å². The second kappa shape index (κ2) is 8.78. The van der Waals surface area contributed by atoms with Gasteiger partial charge in [0.25, 0.3) is 6.08 Å². The Morgan fingerprint density at radius 3 is 1.56 bits per heavy atom. The van der Waals surface area contributed by atoms with Crippen LogP contribution in [0.25, 0.3) is 0 Å². The second-order valence-corrected chi connectivity index (χ2v) is 0.915. The van der Waals surface area contributed by atoms with Gasteiger partial charge in [-0.1, -0.05) is 0 Å². The average Bonchev–Trinajstić information content (AvgIpc) is 1.65. The number of hydrogen-bond acceptors (Lipinski definition) is 0. The summed E-state index contributed by atoms with van der Waals surface area (Å²) in [4.78, 5) is 0. The van der Waals surface area contributed by atoms with Gasteiger partial charge in [0.05, 0.1) is 0 Å². The molecule has 0 bridgehead atoms. The molecule has 5 heteroatoms. The van der Waals surface area contributed by atoms with Crippen LogP contribution in [0.4, 0.5) is 13.2 Å². The van der Waals surface area contributed by atoms with Crippen molar-refractivity contribution in [2.24, 2.45) is 0 Å². The predicted molar refractivity (Wildman–Crippen MR) is 26.1 cm³/mol. The fourth-order valence-electron chi connectivity index (χ4n) is 0.0945. The van der Waals surface area contributed by atoms with E-state index < -0.39 is 18.3 Å². The molecule has 50 valence electrons. The third-order valence-corrected chi connectivity index (χ3v) is 0.425. The van der Waals surface area contributed by atoms with Gasteiger partial charge in [-0.15, -0.1) is 6.42 Å². The van der Waals surface area contributed by atoms with Crippen molar-refractivity contribution in [3.63, 3.8) is 0 Å². The summed E-state index contributed by atoms with van der Waals surface area (Å²) in [5, 5.41) is 0. The van der Waals surface area contributed by atoms with Crippen LogP contribution in [-0.4, -0.2) is 23.1 Å². The van der Waals surface area contributed by atoms with E-state index >= 15 is 0 Å². The van der Waals surface area contributed by atoms with Crippen LogP contribution >= 0.6 is 0 Å². The SMILES string of the molecule is [Br-].[CH2-]CC(F)=C(F)F.[Mg+2]. The summed E-state index contributed by atoms with van der Waals surface area (Å²) in [6.45, 7) is 2.89. The third-order valence-electron chi connectivity index (χ3n) is 0.425. The maximum atomic E-state index is 11.3. The van der Waals surface area contributed by atoms with Crippen molar-refractivity contribution in [3.05, 3.63) is 18.8 Å². The first kappa shape index (κ1) is 16.4. The van der Waals surface area contributed by atoms with Crippen LogP contribution in [0.1, 0.15) is 6.42 Å². The molecule has 0 saturated carbocycles. The molecule has 0 atom stereocenters. The first-order valence-electron chi connectivity index (χ1n) is 1.67. The van der Waals surface area contributed by atoms with E-state index in [1.54, 1.807) is 0 Å². The molecule has 0 aromatic rings. The normalized spacial score (nSPS) is 6.67. The summed E-state index contributed by atoms with van der Waals surface area (Å²) in [5.74, 6) is -1.43. The Bertz CT molecular complexity index is 89.8. The zero-order valence-electron chi connectivity index (χ0n) is 4.63. The van der Waals surface area contributed by atoms with Crippen LogP contribution in [0.3, 0.4) is 0 Å². The molecule has 0 radical (unpaired) electrons. The van der Waals surface area contributed by atoms with Gasteiger partial charge in [0, 0.05) is 0 Å². The van der Waals surface area contributed by atoms with Crippen LogP contribution in [0.2, 0.25) is 0 Å². The Morgan fingerprint density at radius 1 is 1.22 bits per heavy atom. The van der Waals surface area contributed by atoms with Gasteiger partial charge in [-0.25, -0.2) is 4.39 Å². The maximum absolute atomic E-state index is 11.3. The Balaban J connectivity index is -0.000000180. The summed E-state index contributed by atoms with van der Waals surface area (Å²) >= 11 is 0. The van der Waals surface area contributed by atoms with Crippen molar-refractivity contribution in [2.45, 2.75) is 6.42 Å². The molecular weight excluding hydrogens is 209 g/mol. The number of allylic oxidation sites excluding steroid dienone is 1. The third kappa shape index (κ3) is 8.78. The van der Waals surface area contributed by atoms with Crippen LogP contribution in [-0.2, 0) is 0 Å². The Hall–Kier alpha value is 0.776. The molecule has 0 aliphatic heterocycles. The fraction of sp³-hybridized carbons (Fsp3) is 0.250. The minimum atomic E-state index is -2.27. The van der Waals surface area contributed by atoms with E-state index in [2.05, 4.69) is 6.92 Å². The molecule has 0 aliphatic rings. The zero-order chi connectivity index (χ0) is 5.86. The van der Waals surface area contributed by atoms with E-state index in [0.29, 0.717) is 0 Å². The molecule has 0 aromatic heterocycles. The van der Waals surface area contributed by atoms with Gasteiger partial charge < -0.3 is 23.9 Å². The molecule has 0 saturated heterocycles. The van der Waals surface area contributed by atoms with Crippen molar-refractivity contribution >= 4 is 23.1 Å². The van der Waals surface area contributed by atoms with Crippen LogP contribution < -0.4 is 17.0 Å². The first-order chi connectivity index (χ1) is 3.18. The summed E-state index contributed by atoms with van der Waals surface area (Å²) in [7, 11) is 0. The summed E-state index contributed by atoms with van der Waals surface area (Å²) in [6, 6.07) is 0. The summed E-state index contributed by atoms with van der Waals surface area (Å²) in [5.41, 5.74) is 0. The van der Waals surface area contributed by atoms with E-state index in [0.717, 1.165) is 0 Å². The molecule has 0 heterocycles. The van der Waals surface area contributed by atoms with Crippen LogP contribution in [0.5, 0.6) is 0 Å². The first-order valence-corrected chi connectivity index (χ1v) is 1.67. The molecule has 0 rings (SSSR count). The molecule has 0 aromatic carbocycles. The fourth-order valence-corrected chi connectivity index (χ4v) is 0.0945. The standard InChI is InChI=1S/C4H4F3.BrH.Mg/c1-2-3(5)4(6)7;;/h1-2H2;1H;/q-1;;+2/p-1. The van der Waals surface area contributed by atoms with E-state index in [9.17, 15) is 13.2 Å². The number of hydrogen-bond donors (Lipinski definition) is 0. The van der Waals surface area contributed by atoms with E-state index in [1.807, 2.05) is 0 Å². The molecule has 0 aliphatic carbocycles. The molecule has 9 heavy (non-hydrogen) atoms. The minimum absolute atomic E-state index is 0. The Morgan fingerprint density at radius 2 is 1.56 bits per heavy atom. The minimum Gasteiger partial charge on any atom is -1.00 e. The van der Waals surface area contributed by atoms with Gasteiger partial charge in [-0.05, 0) is 0 Å². The molecule has 0 fully saturated rings. The van der Waals surface area contributed by atoms with Gasteiger partial charge in [-0.3, -0.25) is 0 Å². The molecule has 0 spiro atoms. The van der Waals surface area contributed by atoms with Crippen LogP contribution in [0, 0.1) is 6.92 Å². The smallest absolute Gasteiger partial charge is 1.00 e. The Labute approximate surface area is 78.4 Å². The second-order valence-electron chi connectivity index (χ2n) is 0.915. The maximum Gasteiger partial charge on any atom is 2.00 e. The van der Waals surface area contributed by atoms with Crippen molar-refractivity contribution in [2.75, 3.05) is 0 Å². The monoisotopic (exact) mass is 212 g/mol. The van der Waals surface area contributed by atoms with Gasteiger partial charge in [0.1, 0.15) is 5.83 Å². The Kier molecular flexibility index (Phi) is 16.0. The zero-order valence-corrected chi connectivity index (χ0v) is 7.63. The number of halogens is 4. The molecule has 0 unspecified atom stereocenters. The van der Waals surface area contributed by atoms with Crippen LogP contribution in [0.15, 0.2) is 11.9 Å². The molecule has 0 amide bonds. The van der Waals surface area contributed by atoms with E-state index in [1.165, 1.54) is 0 Å². The van der Waals surface area contributed by atoms with Crippen molar-refractivity contribution < 1.29 is 30.2 Å². The summed E-state index contributed by atoms with van der Waals surface area (Å²) in [6.07, 6.45) is -2.74. The van der Waals surface area contributed by atoms with Gasteiger partial charge in [-0.2, -0.15) is 8.78 Å². The van der Waals surface area contributed by atoms with Gasteiger partial charge >= 0.3 is 23.1 Å². The average molecular weight is 213 g/mol. The molecule has 0 nitrogen and oxygen atoms in total. The van der Waals surface area contributed by atoms with E-state index in [-0.39, 0.29) is 40.0 Å². The van der Waals surface area contributed by atoms with Crippen molar-refractivity contribution in [1.29, 1.82) is 0 Å². The largest absolute Gasteiger partial charge is 2.00 e. The van der Waals surface area contributed by atoms with E-state index in [4.69, 9.17) is 0 Å². The van der Waals surface area contributed by atoms with Gasteiger partial charge in [0.2, 0.25) is 0 Å². The topological polar surface area (TPSA) is 0 Å². The number of rotatable bonds is 1. The molecule has 0 N–H and O–H groups in total. The predicted octanol–water partition coefficient (Wildman–Crippen LogP) is -1.09. The summed E-state index contributed by atoms with van der Waals surface area (Å²) < 4.78 is 33.1. The quantitative estimate of drug-likeness (QED) is 0.384. The van der Waals surface area contributed by atoms with Crippen molar-refractivity contribution in [3.8, 4) is 0 Å². The van der Waals surface area contributed by atoms with Crippen molar-refractivity contribution in [1.82, 2.24) is 0 Å².